The highest BCUT2D eigenvalue weighted by molar-refractivity contribution is 5.98. The summed E-state index contributed by atoms with van der Waals surface area (Å²) in [5, 5.41) is 8.93. The Bertz CT molecular complexity index is 1010. The van der Waals surface area contributed by atoms with Gasteiger partial charge in [0.1, 0.15) is 11.8 Å². The fourth-order valence-electron chi connectivity index (χ4n) is 3.05. The molecular formula is C24H26N4O3. The number of hydrogen-bond acceptors (Lipinski definition) is 5. The molecule has 1 heterocycles. The van der Waals surface area contributed by atoms with Crippen molar-refractivity contribution in [3.8, 4) is 5.75 Å². The standard InChI is InChI=1S/C24H26N4O3/c1-17-5-3-6-18(15-17)23(29)28-22(19-7-4-12-25-16-19)24(30)27-14-13-26-20-8-10-21(31-2)11-9-20/h3-12,15-16,22,26H,13-14H2,1-2H3,(H,27,30)(H,28,29)/t22-/m0/s1. The molecule has 0 unspecified atom stereocenters. The summed E-state index contributed by atoms with van der Waals surface area (Å²) in [5.41, 5.74) is 3.01. The van der Waals surface area contributed by atoms with Crippen LogP contribution in [-0.2, 0) is 4.79 Å². The predicted molar refractivity (Wildman–Crippen MR) is 120 cm³/mol. The molecule has 1 atom stereocenters. The van der Waals surface area contributed by atoms with E-state index in [1.54, 1.807) is 43.8 Å². The van der Waals surface area contributed by atoms with Crippen molar-refractivity contribution in [2.45, 2.75) is 13.0 Å². The Morgan fingerprint density at radius 3 is 2.52 bits per heavy atom. The highest BCUT2D eigenvalue weighted by Crippen LogP contribution is 2.15. The molecule has 0 fully saturated rings. The highest BCUT2D eigenvalue weighted by Gasteiger charge is 2.23. The number of nitrogens with one attached hydrogen (secondary N) is 3. The average molecular weight is 418 g/mol. The van der Waals surface area contributed by atoms with Crippen molar-refractivity contribution in [3.05, 3.63) is 89.7 Å². The number of amides is 2. The van der Waals surface area contributed by atoms with E-state index in [2.05, 4.69) is 20.9 Å². The van der Waals surface area contributed by atoms with Crippen LogP contribution >= 0.6 is 0 Å². The van der Waals surface area contributed by atoms with Gasteiger partial charge in [0.15, 0.2) is 0 Å². The molecule has 0 aliphatic heterocycles. The molecule has 0 saturated heterocycles. The van der Waals surface area contributed by atoms with E-state index in [0.717, 1.165) is 17.0 Å². The van der Waals surface area contributed by atoms with E-state index in [-0.39, 0.29) is 11.8 Å². The monoisotopic (exact) mass is 418 g/mol. The van der Waals surface area contributed by atoms with Crippen LogP contribution < -0.4 is 20.7 Å². The molecular weight excluding hydrogens is 392 g/mol. The van der Waals surface area contributed by atoms with Gasteiger partial charge in [-0.2, -0.15) is 0 Å². The van der Waals surface area contributed by atoms with Crippen molar-refractivity contribution < 1.29 is 14.3 Å². The molecule has 3 aromatic rings. The van der Waals surface area contributed by atoms with Gasteiger partial charge in [0.05, 0.1) is 7.11 Å². The maximum atomic E-state index is 12.9. The minimum Gasteiger partial charge on any atom is -0.497 e. The van der Waals surface area contributed by atoms with Crippen LogP contribution in [0.3, 0.4) is 0 Å². The van der Waals surface area contributed by atoms with Crippen molar-refractivity contribution in [3.63, 3.8) is 0 Å². The molecule has 0 bridgehead atoms. The van der Waals surface area contributed by atoms with Crippen molar-refractivity contribution in [2.24, 2.45) is 0 Å². The van der Waals surface area contributed by atoms with Crippen LogP contribution in [0.15, 0.2) is 73.1 Å². The van der Waals surface area contributed by atoms with Crippen LogP contribution in [0.4, 0.5) is 5.69 Å². The number of ether oxygens (including phenoxy) is 1. The lowest BCUT2D eigenvalue weighted by atomic mass is 10.1. The molecule has 3 N–H and O–H groups in total. The molecule has 3 rings (SSSR count). The minimum atomic E-state index is -0.845. The second-order valence-electron chi connectivity index (χ2n) is 7.01. The first-order valence-electron chi connectivity index (χ1n) is 10.00. The van der Waals surface area contributed by atoms with Crippen LogP contribution in [0.5, 0.6) is 5.75 Å². The first kappa shape index (κ1) is 21.8. The molecule has 2 aromatic carbocycles. The number of benzene rings is 2. The molecule has 0 saturated carbocycles. The molecule has 0 aliphatic rings. The van der Waals surface area contributed by atoms with Crippen molar-refractivity contribution in [2.75, 3.05) is 25.5 Å². The van der Waals surface area contributed by atoms with Gasteiger partial charge in [-0.1, -0.05) is 23.8 Å². The highest BCUT2D eigenvalue weighted by atomic mass is 16.5. The van der Waals surface area contributed by atoms with Gasteiger partial charge in [-0.15, -0.1) is 0 Å². The normalized spacial score (nSPS) is 11.3. The summed E-state index contributed by atoms with van der Waals surface area (Å²) in [7, 11) is 1.62. The van der Waals surface area contributed by atoms with Gasteiger partial charge in [0.25, 0.3) is 5.91 Å². The number of hydrogen-bond donors (Lipinski definition) is 3. The maximum Gasteiger partial charge on any atom is 0.252 e. The molecule has 0 spiro atoms. The van der Waals surface area contributed by atoms with Gasteiger partial charge in [-0.25, -0.2) is 0 Å². The number of carbonyl (C=O) groups is 2. The number of rotatable bonds is 9. The molecule has 1 aromatic heterocycles. The number of aromatic nitrogens is 1. The summed E-state index contributed by atoms with van der Waals surface area (Å²) < 4.78 is 5.14. The van der Waals surface area contributed by atoms with Crippen LogP contribution in [0.25, 0.3) is 0 Å². The predicted octanol–water partition coefficient (Wildman–Crippen LogP) is 3.10. The maximum absolute atomic E-state index is 12.9. The van der Waals surface area contributed by atoms with E-state index in [0.29, 0.717) is 24.2 Å². The first-order chi connectivity index (χ1) is 15.1. The second kappa shape index (κ2) is 10.8. The Balaban J connectivity index is 1.60. The number of carbonyl (C=O) groups excluding carboxylic acids is 2. The summed E-state index contributed by atoms with van der Waals surface area (Å²) >= 11 is 0. The summed E-state index contributed by atoms with van der Waals surface area (Å²) in [6.45, 7) is 2.84. The van der Waals surface area contributed by atoms with Crippen molar-refractivity contribution in [1.82, 2.24) is 15.6 Å². The Morgan fingerprint density at radius 1 is 1.03 bits per heavy atom. The second-order valence-corrected chi connectivity index (χ2v) is 7.01. The molecule has 7 nitrogen and oxygen atoms in total. The molecule has 0 aliphatic carbocycles. The Labute approximate surface area is 181 Å². The molecule has 160 valence electrons. The average Bonchev–Trinajstić information content (AvgIpc) is 2.81. The largest absolute Gasteiger partial charge is 0.497 e. The van der Waals surface area contributed by atoms with Gasteiger partial charge in [0.2, 0.25) is 5.91 Å². The first-order valence-corrected chi connectivity index (χ1v) is 10.00. The third-order valence-electron chi connectivity index (χ3n) is 4.68. The van der Waals surface area contributed by atoms with Gasteiger partial charge in [-0.3, -0.25) is 14.6 Å². The van der Waals surface area contributed by atoms with Crippen molar-refractivity contribution in [1.29, 1.82) is 0 Å². The quantitative estimate of drug-likeness (QED) is 0.465. The van der Waals surface area contributed by atoms with Crippen molar-refractivity contribution >= 4 is 17.5 Å². The van der Waals surface area contributed by atoms with E-state index >= 15 is 0 Å². The van der Waals surface area contributed by atoms with Gasteiger partial charge >= 0.3 is 0 Å². The zero-order valence-electron chi connectivity index (χ0n) is 17.6. The lowest BCUT2D eigenvalue weighted by molar-refractivity contribution is -0.123. The third-order valence-corrected chi connectivity index (χ3v) is 4.68. The number of anilines is 1. The summed E-state index contributed by atoms with van der Waals surface area (Å²) in [5.74, 6) is 0.164. The van der Waals surface area contributed by atoms with E-state index < -0.39 is 6.04 Å². The van der Waals surface area contributed by atoms with Crippen LogP contribution in [-0.4, -0.2) is 37.0 Å². The zero-order valence-corrected chi connectivity index (χ0v) is 17.6. The summed E-state index contributed by atoms with van der Waals surface area (Å²) in [6.07, 6.45) is 3.20. The Kier molecular flexibility index (Phi) is 7.59. The Hall–Kier alpha value is -3.87. The van der Waals surface area contributed by atoms with Gasteiger partial charge < -0.3 is 20.7 Å². The summed E-state index contributed by atoms with van der Waals surface area (Å²) in [4.78, 5) is 29.7. The number of methoxy groups -OCH3 is 1. The van der Waals surface area contributed by atoms with E-state index in [1.165, 1.54) is 0 Å². The van der Waals surface area contributed by atoms with Crippen LogP contribution in [0.2, 0.25) is 0 Å². The fourth-order valence-corrected chi connectivity index (χ4v) is 3.05. The zero-order chi connectivity index (χ0) is 22.1. The SMILES string of the molecule is COc1ccc(NCCNC(=O)[C@@H](NC(=O)c2cccc(C)c2)c2cccnc2)cc1. The third kappa shape index (κ3) is 6.30. The number of nitrogens with zero attached hydrogens (tertiary/aromatic N) is 1. The lowest BCUT2D eigenvalue weighted by Crippen LogP contribution is -2.41. The van der Waals surface area contributed by atoms with E-state index in [9.17, 15) is 9.59 Å². The Morgan fingerprint density at radius 2 is 1.84 bits per heavy atom. The molecule has 2 amide bonds. The van der Waals surface area contributed by atoms with E-state index in [4.69, 9.17) is 4.74 Å². The smallest absolute Gasteiger partial charge is 0.252 e. The number of aryl methyl sites for hydroxylation is 1. The topological polar surface area (TPSA) is 92.4 Å². The minimum absolute atomic E-state index is 0.300. The van der Waals surface area contributed by atoms with Crippen LogP contribution in [0, 0.1) is 6.92 Å². The molecule has 31 heavy (non-hydrogen) atoms. The lowest BCUT2D eigenvalue weighted by Gasteiger charge is -2.19. The molecule has 7 heteroatoms. The summed E-state index contributed by atoms with van der Waals surface area (Å²) in [6, 6.07) is 17.4. The molecule has 0 radical (unpaired) electrons. The van der Waals surface area contributed by atoms with Gasteiger partial charge in [-0.05, 0) is 49.4 Å². The van der Waals surface area contributed by atoms with E-state index in [1.807, 2.05) is 43.3 Å². The van der Waals surface area contributed by atoms with Gasteiger partial charge in [0, 0.05) is 42.3 Å². The van der Waals surface area contributed by atoms with Crippen LogP contribution in [0.1, 0.15) is 27.5 Å². The fraction of sp³-hybridized carbons (Fsp3) is 0.208. The number of pyridine rings is 1.